The molecule has 1 saturated carbocycles. The van der Waals surface area contributed by atoms with Gasteiger partial charge in [0.05, 0.1) is 11.2 Å². The van der Waals surface area contributed by atoms with E-state index in [1.165, 1.54) is 58.0 Å². The Balaban J connectivity index is 1.52. The minimum atomic E-state index is -0.179. The summed E-state index contributed by atoms with van der Waals surface area (Å²) in [7, 11) is 0.0114. The Bertz CT molecular complexity index is 342. The van der Waals surface area contributed by atoms with Crippen LogP contribution in [0.1, 0.15) is 72.6 Å². The van der Waals surface area contributed by atoms with Crippen LogP contribution < -0.4 is 0 Å². The van der Waals surface area contributed by atoms with Crippen LogP contribution in [0.15, 0.2) is 0 Å². The molecule has 1 aliphatic carbocycles. The lowest BCUT2D eigenvalue weighted by molar-refractivity contribution is 0.00578. The quantitative estimate of drug-likeness (QED) is 0.721. The molecular weight excluding hydrogens is 261 g/mol. The molecule has 120 valence electrons. The first-order valence-corrected chi connectivity index (χ1v) is 8.99. The van der Waals surface area contributed by atoms with E-state index in [1.54, 1.807) is 0 Å². The van der Waals surface area contributed by atoms with Gasteiger partial charge in [0, 0.05) is 6.04 Å². The SMILES string of the molecule is CC1(C)OB(C2CCC(N3CCCCC3)CC2)OC1(C)C. The fraction of sp³-hybridized carbons (Fsp3) is 1.00. The summed E-state index contributed by atoms with van der Waals surface area (Å²) in [6, 6.07) is 0.823. The summed E-state index contributed by atoms with van der Waals surface area (Å²) in [6.45, 7) is 11.3. The van der Waals surface area contributed by atoms with E-state index in [4.69, 9.17) is 9.31 Å². The molecule has 0 bridgehead atoms. The molecule has 3 nitrogen and oxygen atoms in total. The van der Waals surface area contributed by atoms with Gasteiger partial charge in [-0.15, -0.1) is 0 Å². The van der Waals surface area contributed by atoms with E-state index in [-0.39, 0.29) is 18.3 Å². The molecule has 4 heteroatoms. The van der Waals surface area contributed by atoms with Gasteiger partial charge < -0.3 is 14.2 Å². The third kappa shape index (κ3) is 3.18. The highest BCUT2D eigenvalue weighted by atomic mass is 16.7. The van der Waals surface area contributed by atoms with Crippen LogP contribution in [0.4, 0.5) is 0 Å². The molecule has 0 atom stereocenters. The first-order valence-electron chi connectivity index (χ1n) is 8.99. The number of hydrogen-bond acceptors (Lipinski definition) is 3. The molecule has 0 unspecified atom stereocenters. The van der Waals surface area contributed by atoms with Crippen molar-refractivity contribution in [3.05, 3.63) is 0 Å². The van der Waals surface area contributed by atoms with E-state index < -0.39 is 0 Å². The van der Waals surface area contributed by atoms with E-state index in [1.807, 2.05) is 0 Å². The summed E-state index contributed by atoms with van der Waals surface area (Å²) >= 11 is 0. The first-order chi connectivity index (χ1) is 9.89. The molecule has 21 heavy (non-hydrogen) atoms. The molecule has 3 fully saturated rings. The number of piperidine rings is 1. The first kappa shape index (κ1) is 15.8. The van der Waals surface area contributed by atoms with Crippen molar-refractivity contribution in [2.45, 2.75) is 95.7 Å². The molecule has 2 aliphatic heterocycles. The van der Waals surface area contributed by atoms with Crippen LogP contribution >= 0.6 is 0 Å². The number of rotatable bonds is 2. The van der Waals surface area contributed by atoms with E-state index in [0.717, 1.165) is 6.04 Å². The molecule has 2 heterocycles. The van der Waals surface area contributed by atoms with Crippen LogP contribution in [0.5, 0.6) is 0 Å². The molecule has 0 radical (unpaired) electrons. The van der Waals surface area contributed by atoms with Gasteiger partial charge in [-0.3, -0.25) is 0 Å². The Morgan fingerprint density at radius 3 is 1.86 bits per heavy atom. The fourth-order valence-electron chi connectivity index (χ4n) is 4.10. The highest BCUT2D eigenvalue weighted by molar-refractivity contribution is 6.47. The minimum Gasteiger partial charge on any atom is -0.403 e. The van der Waals surface area contributed by atoms with E-state index in [2.05, 4.69) is 32.6 Å². The van der Waals surface area contributed by atoms with Crippen LogP contribution in [0, 0.1) is 0 Å². The van der Waals surface area contributed by atoms with Gasteiger partial charge in [0.1, 0.15) is 0 Å². The van der Waals surface area contributed by atoms with Gasteiger partial charge in [-0.05, 0) is 72.3 Å². The zero-order valence-electron chi connectivity index (χ0n) is 14.4. The topological polar surface area (TPSA) is 21.7 Å². The lowest BCUT2D eigenvalue weighted by atomic mass is 9.63. The summed E-state index contributed by atoms with van der Waals surface area (Å²) in [5.41, 5.74) is -0.358. The summed E-state index contributed by atoms with van der Waals surface area (Å²) in [4.78, 5) is 2.74. The number of likely N-dealkylation sites (tertiary alicyclic amines) is 1. The van der Waals surface area contributed by atoms with E-state index in [0.29, 0.717) is 5.82 Å². The molecule has 0 aromatic carbocycles. The van der Waals surface area contributed by atoms with E-state index in [9.17, 15) is 0 Å². The van der Waals surface area contributed by atoms with E-state index >= 15 is 0 Å². The lowest BCUT2D eigenvalue weighted by Gasteiger charge is -2.39. The van der Waals surface area contributed by atoms with Gasteiger partial charge in [0.2, 0.25) is 0 Å². The Morgan fingerprint density at radius 1 is 0.810 bits per heavy atom. The molecule has 3 rings (SSSR count). The van der Waals surface area contributed by atoms with Crippen molar-refractivity contribution in [1.82, 2.24) is 4.90 Å². The number of hydrogen-bond donors (Lipinski definition) is 0. The van der Waals surface area contributed by atoms with Crippen LogP contribution in [0.2, 0.25) is 5.82 Å². The second-order valence-corrected chi connectivity index (χ2v) is 8.29. The fourth-order valence-corrected chi connectivity index (χ4v) is 4.10. The third-order valence-corrected chi connectivity index (χ3v) is 6.30. The highest BCUT2D eigenvalue weighted by Gasteiger charge is 2.53. The van der Waals surface area contributed by atoms with Gasteiger partial charge in [-0.1, -0.05) is 19.3 Å². The van der Waals surface area contributed by atoms with Crippen molar-refractivity contribution in [2.24, 2.45) is 0 Å². The van der Waals surface area contributed by atoms with Crippen LogP contribution in [-0.2, 0) is 9.31 Å². The predicted molar refractivity (Wildman–Crippen MR) is 87.5 cm³/mol. The summed E-state index contributed by atoms with van der Waals surface area (Å²) in [5.74, 6) is 0.590. The van der Waals surface area contributed by atoms with Crippen molar-refractivity contribution in [1.29, 1.82) is 0 Å². The summed E-state index contributed by atoms with van der Waals surface area (Å²) in [6.07, 6.45) is 9.41. The average Bonchev–Trinajstić information content (AvgIpc) is 2.69. The highest BCUT2D eigenvalue weighted by Crippen LogP contribution is 2.44. The monoisotopic (exact) mass is 293 g/mol. The average molecular weight is 293 g/mol. The zero-order chi connectivity index (χ0) is 15.1. The Labute approximate surface area is 130 Å². The molecular formula is C17H32BNO2. The molecule has 0 N–H and O–H groups in total. The van der Waals surface area contributed by atoms with Crippen molar-refractivity contribution in [2.75, 3.05) is 13.1 Å². The minimum absolute atomic E-state index is 0.0114. The molecule has 0 spiro atoms. The van der Waals surface area contributed by atoms with Gasteiger partial charge in [-0.25, -0.2) is 0 Å². The largest absolute Gasteiger partial charge is 0.461 e. The van der Waals surface area contributed by atoms with Crippen molar-refractivity contribution in [3.8, 4) is 0 Å². The Kier molecular flexibility index (Phi) is 4.42. The van der Waals surface area contributed by atoms with Gasteiger partial charge >= 0.3 is 7.12 Å². The van der Waals surface area contributed by atoms with Gasteiger partial charge in [-0.2, -0.15) is 0 Å². The van der Waals surface area contributed by atoms with Crippen molar-refractivity contribution in [3.63, 3.8) is 0 Å². The molecule has 0 aromatic heterocycles. The Morgan fingerprint density at radius 2 is 1.33 bits per heavy atom. The summed E-state index contributed by atoms with van der Waals surface area (Å²) in [5, 5.41) is 0. The maximum atomic E-state index is 6.25. The molecule has 0 aromatic rings. The molecule has 2 saturated heterocycles. The molecule has 0 amide bonds. The van der Waals surface area contributed by atoms with Crippen LogP contribution in [0.3, 0.4) is 0 Å². The van der Waals surface area contributed by atoms with Crippen molar-refractivity contribution < 1.29 is 9.31 Å². The predicted octanol–water partition coefficient (Wildman–Crippen LogP) is 3.88. The Hall–Kier alpha value is -0.0551. The normalized spacial score (nSPS) is 36.9. The zero-order valence-corrected chi connectivity index (χ0v) is 14.4. The maximum absolute atomic E-state index is 6.25. The van der Waals surface area contributed by atoms with Gasteiger partial charge in [0.25, 0.3) is 0 Å². The second kappa shape index (κ2) is 5.86. The summed E-state index contributed by atoms with van der Waals surface area (Å²) < 4.78 is 12.5. The second-order valence-electron chi connectivity index (χ2n) is 8.29. The lowest BCUT2D eigenvalue weighted by Crippen LogP contribution is -2.42. The van der Waals surface area contributed by atoms with Crippen molar-refractivity contribution >= 4 is 7.12 Å². The number of nitrogens with zero attached hydrogens (tertiary/aromatic N) is 1. The molecule has 3 aliphatic rings. The maximum Gasteiger partial charge on any atom is 0.461 e. The van der Waals surface area contributed by atoms with Crippen LogP contribution in [-0.4, -0.2) is 42.4 Å². The standard InChI is InChI=1S/C17H32BNO2/c1-16(2)17(3,4)21-18(20-16)14-8-10-15(11-9-14)19-12-6-5-7-13-19/h14-15H,5-13H2,1-4H3. The van der Waals surface area contributed by atoms with Crippen LogP contribution in [0.25, 0.3) is 0 Å². The van der Waals surface area contributed by atoms with Gasteiger partial charge in [0.15, 0.2) is 0 Å². The third-order valence-electron chi connectivity index (χ3n) is 6.30. The smallest absolute Gasteiger partial charge is 0.403 e.